The van der Waals surface area contributed by atoms with E-state index in [9.17, 15) is 4.79 Å². The lowest BCUT2D eigenvalue weighted by molar-refractivity contribution is -0.153. The molecular formula is C17H31NO5. The lowest BCUT2D eigenvalue weighted by Crippen LogP contribution is -2.37. The van der Waals surface area contributed by atoms with E-state index in [1.165, 1.54) is 0 Å². The van der Waals surface area contributed by atoms with Crippen LogP contribution in [0.2, 0.25) is 0 Å². The molecule has 0 unspecified atom stereocenters. The molecule has 134 valence electrons. The molecule has 6 heteroatoms. The Bertz CT molecular complexity index is 389. The van der Waals surface area contributed by atoms with Crippen molar-refractivity contribution in [1.29, 1.82) is 0 Å². The van der Waals surface area contributed by atoms with E-state index in [4.69, 9.17) is 19.3 Å². The van der Waals surface area contributed by atoms with Gasteiger partial charge in [-0.25, -0.2) is 0 Å². The highest BCUT2D eigenvalue weighted by Crippen LogP contribution is 2.36. The van der Waals surface area contributed by atoms with Crippen LogP contribution in [-0.2, 0) is 19.0 Å². The summed E-state index contributed by atoms with van der Waals surface area (Å²) in [5, 5.41) is 11.6. The van der Waals surface area contributed by atoms with Crippen molar-refractivity contribution >= 4 is 5.91 Å². The number of aliphatic hydroxyl groups excluding tert-OH is 1. The Labute approximate surface area is 139 Å². The number of hydrogen-bond donors (Lipinski definition) is 2. The predicted molar refractivity (Wildman–Crippen MR) is 87.7 cm³/mol. The molecule has 2 atom stereocenters. The number of allylic oxidation sites excluding steroid dienone is 1. The van der Waals surface area contributed by atoms with Crippen molar-refractivity contribution < 1.29 is 24.1 Å². The number of amides is 1. The SMILES string of the molecule is COCCNC(=O)C1=C[C@@H](C(C)(C)C)C[C@@H](OCCCCO)O1. The quantitative estimate of drug-likeness (QED) is 0.631. The van der Waals surface area contributed by atoms with Crippen LogP contribution >= 0.6 is 0 Å². The molecule has 0 aliphatic carbocycles. The van der Waals surface area contributed by atoms with E-state index in [-0.39, 0.29) is 23.8 Å². The molecular weight excluding hydrogens is 298 g/mol. The molecule has 0 saturated heterocycles. The van der Waals surface area contributed by atoms with Gasteiger partial charge in [-0.15, -0.1) is 0 Å². The molecule has 0 radical (unpaired) electrons. The van der Waals surface area contributed by atoms with Crippen molar-refractivity contribution in [1.82, 2.24) is 5.32 Å². The van der Waals surface area contributed by atoms with Gasteiger partial charge in [-0.1, -0.05) is 20.8 Å². The summed E-state index contributed by atoms with van der Waals surface area (Å²) in [6.45, 7) is 8.00. The molecule has 1 aliphatic heterocycles. The molecule has 0 fully saturated rings. The molecule has 23 heavy (non-hydrogen) atoms. The van der Waals surface area contributed by atoms with Crippen LogP contribution < -0.4 is 5.32 Å². The molecule has 1 heterocycles. The highest BCUT2D eigenvalue weighted by Gasteiger charge is 2.33. The van der Waals surface area contributed by atoms with Gasteiger partial charge in [-0.2, -0.15) is 0 Å². The maximum atomic E-state index is 12.2. The number of carbonyl (C=O) groups is 1. The van der Waals surface area contributed by atoms with Gasteiger partial charge < -0.3 is 24.6 Å². The molecule has 2 N–H and O–H groups in total. The number of unbranched alkanes of at least 4 members (excludes halogenated alkanes) is 1. The molecule has 6 nitrogen and oxygen atoms in total. The minimum Gasteiger partial charge on any atom is -0.459 e. The molecule has 0 bridgehead atoms. The van der Waals surface area contributed by atoms with Gasteiger partial charge in [0, 0.05) is 26.7 Å². The zero-order valence-corrected chi connectivity index (χ0v) is 14.8. The van der Waals surface area contributed by atoms with Crippen LogP contribution in [0, 0.1) is 11.3 Å². The molecule has 1 amide bonds. The van der Waals surface area contributed by atoms with E-state index in [0.29, 0.717) is 31.9 Å². The van der Waals surface area contributed by atoms with Crippen LogP contribution in [0.15, 0.2) is 11.8 Å². The smallest absolute Gasteiger partial charge is 0.286 e. The second-order valence-corrected chi connectivity index (χ2v) is 6.84. The first-order chi connectivity index (χ1) is 10.9. The summed E-state index contributed by atoms with van der Waals surface area (Å²) in [5.41, 5.74) is 0.0224. The molecule has 0 aromatic carbocycles. The second kappa shape index (κ2) is 9.90. The average Bonchev–Trinajstić information content (AvgIpc) is 2.50. The molecule has 1 rings (SSSR count). The fraction of sp³-hybridized carbons (Fsp3) is 0.824. The Balaban J connectivity index is 2.65. The maximum absolute atomic E-state index is 12.2. The van der Waals surface area contributed by atoms with Crippen molar-refractivity contribution in [3.8, 4) is 0 Å². The van der Waals surface area contributed by atoms with Crippen LogP contribution in [0.4, 0.5) is 0 Å². The molecule has 0 spiro atoms. The minimum absolute atomic E-state index is 0.0224. The van der Waals surface area contributed by atoms with Crippen LogP contribution in [0.3, 0.4) is 0 Å². The number of ether oxygens (including phenoxy) is 3. The summed E-state index contributed by atoms with van der Waals surface area (Å²) >= 11 is 0. The molecule has 0 aromatic rings. The summed E-state index contributed by atoms with van der Waals surface area (Å²) in [6.07, 6.45) is 3.67. The first-order valence-electron chi connectivity index (χ1n) is 8.26. The van der Waals surface area contributed by atoms with Crippen molar-refractivity contribution in [3.63, 3.8) is 0 Å². The average molecular weight is 329 g/mol. The van der Waals surface area contributed by atoms with Gasteiger partial charge in [0.1, 0.15) is 0 Å². The van der Waals surface area contributed by atoms with E-state index in [1.807, 2.05) is 6.08 Å². The fourth-order valence-electron chi connectivity index (χ4n) is 2.30. The lowest BCUT2D eigenvalue weighted by Gasteiger charge is -2.35. The summed E-state index contributed by atoms with van der Waals surface area (Å²) in [4.78, 5) is 12.2. The third-order valence-electron chi connectivity index (χ3n) is 3.84. The topological polar surface area (TPSA) is 77.0 Å². The van der Waals surface area contributed by atoms with Crippen molar-refractivity contribution in [2.24, 2.45) is 11.3 Å². The highest BCUT2D eigenvalue weighted by atomic mass is 16.7. The standard InChI is InChI=1S/C17H31NO5/c1-17(2,3)13-11-14(16(20)18-7-10-21-4)23-15(12-13)22-9-6-5-8-19/h11,13,15,19H,5-10,12H2,1-4H3,(H,18,20)/t13-,15+/m1/s1. The zero-order chi connectivity index (χ0) is 17.3. The third-order valence-corrected chi connectivity index (χ3v) is 3.84. The number of aliphatic hydroxyl groups is 1. The summed E-state index contributed by atoms with van der Waals surface area (Å²) < 4.78 is 16.4. The van der Waals surface area contributed by atoms with E-state index in [0.717, 1.165) is 12.8 Å². The van der Waals surface area contributed by atoms with Gasteiger partial charge in [0.15, 0.2) is 5.76 Å². The molecule has 1 aliphatic rings. The zero-order valence-electron chi connectivity index (χ0n) is 14.8. The van der Waals surface area contributed by atoms with Crippen LogP contribution in [0.1, 0.15) is 40.0 Å². The van der Waals surface area contributed by atoms with Gasteiger partial charge in [-0.3, -0.25) is 4.79 Å². The highest BCUT2D eigenvalue weighted by molar-refractivity contribution is 5.91. The van der Waals surface area contributed by atoms with E-state index >= 15 is 0 Å². The van der Waals surface area contributed by atoms with Gasteiger partial charge >= 0.3 is 0 Å². The Morgan fingerprint density at radius 2 is 2.13 bits per heavy atom. The molecule has 0 aromatic heterocycles. The van der Waals surface area contributed by atoms with Crippen LogP contribution in [0.25, 0.3) is 0 Å². The first kappa shape index (κ1) is 19.9. The minimum atomic E-state index is -0.425. The number of carbonyl (C=O) groups excluding carboxylic acids is 1. The predicted octanol–water partition coefficient (Wildman–Crippen LogP) is 1.83. The van der Waals surface area contributed by atoms with Crippen LogP contribution in [-0.4, -0.2) is 50.8 Å². The monoisotopic (exact) mass is 329 g/mol. The lowest BCUT2D eigenvalue weighted by atomic mass is 9.77. The first-order valence-corrected chi connectivity index (χ1v) is 8.26. The van der Waals surface area contributed by atoms with Gasteiger partial charge in [-0.05, 0) is 30.3 Å². The van der Waals surface area contributed by atoms with E-state index in [2.05, 4.69) is 26.1 Å². The van der Waals surface area contributed by atoms with Crippen molar-refractivity contribution in [3.05, 3.63) is 11.8 Å². The Kier molecular flexibility index (Phi) is 8.58. The van der Waals surface area contributed by atoms with E-state index in [1.54, 1.807) is 7.11 Å². The van der Waals surface area contributed by atoms with Gasteiger partial charge in [0.25, 0.3) is 5.91 Å². The third kappa shape index (κ3) is 7.33. The number of hydrogen-bond acceptors (Lipinski definition) is 5. The maximum Gasteiger partial charge on any atom is 0.286 e. The summed E-state index contributed by atoms with van der Waals surface area (Å²) in [5.74, 6) is 0.279. The Morgan fingerprint density at radius 3 is 2.74 bits per heavy atom. The van der Waals surface area contributed by atoms with Gasteiger partial charge in [0.05, 0.1) is 13.2 Å². The number of nitrogens with one attached hydrogen (secondary N) is 1. The largest absolute Gasteiger partial charge is 0.459 e. The normalized spacial score (nSPS) is 21.5. The van der Waals surface area contributed by atoms with Gasteiger partial charge in [0.2, 0.25) is 6.29 Å². The summed E-state index contributed by atoms with van der Waals surface area (Å²) in [6, 6.07) is 0. The number of methoxy groups -OCH3 is 1. The number of rotatable bonds is 9. The summed E-state index contributed by atoms with van der Waals surface area (Å²) in [7, 11) is 1.59. The van der Waals surface area contributed by atoms with Crippen molar-refractivity contribution in [2.75, 3.05) is 33.5 Å². The van der Waals surface area contributed by atoms with E-state index < -0.39 is 6.29 Å². The molecule has 0 saturated carbocycles. The Hall–Kier alpha value is -1.11. The van der Waals surface area contributed by atoms with Crippen LogP contribution in [0.5, 0.6) is 0 Å². The van der Waals surface area contributed by atoms with Crippen molar-refractivity contribution in [2.45, 2.75) is 46.3 Å². The Morgan fingerprint density at radius 1 is 1.39 bits per heavy atom. The fourth-order valence-corrected chi connectivity index (χ4v) is 2.30. The second-order valence-electron chi connectivity index (χ2n) is 6.84.